The lowest BCUT2D eigenvalue weighted by molar-refractivity contribution is -0.282. The Morgan fingerprint density at radius 2 is 1.96 bits per heavy atom. The molecular formula is C17H23F3N2O3. The summed E-state index contributed by atoms with van der Waals surface area (Å²) in [6, 6.07) is 7.31. The van der Waals surface area contributed by atoms with Crippen LogP contribution in [-0.2, 0) is 16.1 Å². The number of hydrogen-bond acceptors (Lipinski definition) is 4. The number of nitrogens with one attached hydrogen (secondary N) is 1. The number of benzene rings is 1. The van der Waals surface area contributed by atoms with Gasteiger partial charge in [-0.25, -0.2) is 0 Å². The molecule has 0 bridgehead atoms. The minimum Gasteiger partial charge on any atom is -0.497 e. The highest BCUT2D eigenvalue weighted by molar-refractivity contribution is 5.78. The highest BCUT2D eigenvalue weighted by Crippen LogP contribution is 2.40. The fourth-order valence-electron chi connectivity index (χ4n) is 2.92. The average molecular weight is 360 g/mol. The van der Waals surface area contributed by atoms with Crippen LogP contribution in [0.25, 0.3) is 0 Å². The van der Waals surface area contributed by atoms with Crippen LogP contribution in [0.3, 0.4) is 0 Å². The number of hydrogen-bond donors (Lipinski definition) is 1. The van der Waals surface area contributed by atoms with Crippen molar-refractivity contribution in [3.05, 3.63) is 29.8 Å². The quantitative estimate of drug-likeness (QED) is 0.846. The number of rotatable bonds is 6. The first-order chi connectivity index (χ1) is 11.8. The van der Waals surface area contributed by atoms with Gasteiger partial charge in [-0.15, -0.1) is 0 Å². The Morgan fingerprint density at radius 3 is 2.52 bits per heavy atom. The van der Waals surface area contributed by atoms with Gasteiger partial charge in [0.05, 0.1) is 13.7 Å². The molecule has 25 heavy (non-hydrogen) atoms. The molecule has 1 aromatic rings. The molecule has 0 unspecified atom stereocenters. The van der Waals surface area contributed by atoms with Gasteiger partial charge in [-0.1, -0.05) is 12.1 Å². The predicted octanol–water partition coefficient (Wildman–Crippen LogP) is 2.35. The summed E-state index contributed by atoms with van der Waals surface area (Å²) in [5.74, 6) is 0.477. The third-order valence-corrected chi connectivity index (χ3v) is 4.56. The smallest absolute Gasteiger partial charge is 0.417 e. The second kappa shape index (κ2) is 8.05. The second-order valence-electron chi connectivity index (χ2n) is 6.10. The topological polar surface area (TPSA) is 50.8 Å². The third kappa shape index (κ3) is 4.85. The van der Waals surface area contributed by atoms with Gasteiger partial charge in [-0.2, -0.15) is 13.2 Å². The number of halogens is 3. The molecule has 1 fully saturated rings. The van der Waals surface area contributed by atoms with Crippen molar-refractivity contribution >= 4 is 5.91 Å². The molecule has 1 aliphatic heterocycles. The number of amides is 1. The van der Waals surface area contributed by atoms with Crippen molar-refractivity contribution in [3.8, 4) is 5.75 Å². The normalized spacial score (nSPS) is 18.0. The molecule has 0 spiro atoms. The van der Waals surface area contributed by atoms with Gasteiger partial charge >= 0.3 is 6.18 Å². The fraction of sp³-hybridized carbons (Fsp3) is 0.588. The van der Waals surface area contributed by atoms with E-state index in [2.05, 4.69) is 5.32 Å². The first-order valence-electron chi connectivity index (χ1n) is 8.03. The molecule has 2 rings (SSSR count). The summed E-state index contributed by atoms with van der Waals surface area (Å²) in [5.41, 5.74) is -1.21. The summed E-state index contributed by atoms with van der Waals surface area (Å²) < 4.78 is 49.2. The Kier molecular flexibility index (Phi) is 6.29. The summed E-state index contributed by atoms with van der Waals surface area (Å²) in [4.78, 5) is 13.7. The van der Waals surface area contributed by atoms with Crippen LogP contribution in [0.5, 0.6) is 5.75 Å². The summed E-state index contributed by atoms with van der Waals surface area (Å²) in [7, 11) is 2.65. The van der Waals surface area contributed by atoms with Crippen LogP contribution in [0.1, 0.15) is 18.4 Å². The maximum atomic E-state index is 13.1. The number of likely N-dealkylation sites (tertiary alicyclic amines) is 1. The van der Waals surface area contributed by atoms with Crippen LogP contribution in [-0.4, -0.2) is 56.4 Å². The lowest BCUT2D eigenvalue weighted by atomic mass is 9.90. The molecule has 1 saturated heterocycles. The number of ether oxygens (including phenoxy) is 2. The van der Waals surface area contributed by atoms with E-state index in [0.29, 0.717) is 12.3 Å². The molecule has 1 N–H and O–H groups in total. The zero-order valence-corrected chi connectivity index (χ0v) is 14.4. The molecule has 0 aliphatic carbocycles. The summed E-state index contributed by atoms with van der Waals surface area (Å²) in [6.45, 7) is 0.746. The molecule has 8 heteroatoms. The Morgan fingerprint density at radius 1 is 1.28 bits per heavy atom. The third-order valence-electron chi connectivity index (χ3n) is 4.56. The van der Waals surface area contributed by atoms with E-state index in [4.69, 9.17) is 9.47 Å². The minimum atomic E-state index is -4.40. The maximum absolute atomic E-state index is 13.1. The average Bonchev–Trinajstić information content (AvgIpc) is 2.60. The van der Waals surface area contributed by atoms with Crippen LogP contribution < -0.4 is 10.1 Å². The Labute approximate surface area is 145 Å². The Hall–Kier alpha value is -1.80. The minimum absolute atomic E-state index is 0.0711. The number of piperidine rings is 1. The Bertz CT molecular complexity index is 585. The van der Waals surface area contributed by atoms with Gasteiger partial charge < -0.3 is 14.8 Å². The lowest BCUT2D eigenvalue weighted by Gasteiger charge is -2.41. The number of methoxy groups -OCH3 is 2. The van der Waals surface area contributed by atoms with E-state index in [1.54, 1.807) is 12.0 Å². The zero-order chi connectivity index (χ0) is 18.5. The van der Waals surface area contributed by atoms with Crippen LogP contribution in [0.4, 0.5) is 13.2 Å². The van der Waals surface area contributed by atoms with Gasteiger partial charge in [0.1, 0.15) is 5.75 Å². The Balaban J connectivity index is 1.80. The number of alkyl halides is 3. The SMILES string of the molecule is COc1cccc(CNC(=O)CN2CCC(OC)(C(F)(F)F)CC2)c1. The van der Waals surface area contributed by atoms with E-state index in [9.17, 15) is 18.0 Å². The molecule has 0 radical (unpaired) electrons. The number of carbonyl (C=O) groups excluding carboxylic acids is 1. The standard InChI is InChI=1S/C17H23F3N2O3/c1-24-14-5-3-4-13(10-14)11-21-15(23)12-22-8-6-16(25-2,7-9-22)17(18,19)20/h3-5,10H,6-9,11-12H2,1-2H3,(H,21,23). The lowest BCUT2D eigenvalue weighted by Crippen LogP contribution is -2.55. The highest BCUT2D eigenvalue weighted by Gasteiger charge is 2.56. The van der Waals surface area contributed by atoms with Crippen molar-refractivity contribution in [2.75, 3.05) is 33.9 Å². The molecule has 1 aromatic carbocycles. The maximum Gasteiger partial charge on any atom is 0.417 e. The van der Waals surface area contributed by atoms with E-state index in [1.165, 1.54) is 0 Å². The van der Waals surface area contributed by atoms with Gasteiger partial charge in [-0.3, -0.25) is 9.69 Å². The van der Waals surface area contributed by atoms with E-state index in [1.807, 2.05) is 24.3 Å². The van der Waals surface area contributed by atoms with Gasteiger partial charge in [0.2, 0.25) is 5.91 Å². The summed E-state index contributed by atoms with van der Waals surface area (Å²) in [6.07, 6.45) is -4.74. The van der Waals surface area contributed by atoms with E-state index in [0.717, 1.165) is 12.7 Å². The molecular weight excluding hydrogens is 337 g/mol. The highest BCUT2D eigenvalue weighted by atomic mass is 19.4. The van der Waals surface area contributed by atoms with Gasteiger partial charge in [0, 0.05) is 26.7 Å². The van der Waals surface area contributed by atoms with E-state index in [-0.39, 0.29) is 38.4 Å². The van der Waals surface area contributed by atoms with Crippen molar-refractivity contribution < 1.29 is 27.4 Å². The van der Waals surface area contributed by atoms with Crippen molar-refractivity contribution in [3.63, 3.8) is 0 Å². The zero-order valence-electron chi connectivity index (χ0n) is 14.4. The molecule has 0 atom stereocenters. The second-order valence-corrected chi connectivity index (χ2v) is 6.10. The molecule has 140 valence electrons. The van der Waals surface area contributed by atoms with Gasteiger partial charge in [0.15, 0.2) is 5.60 Å². The largest absolute Gasteiger partial charge is 0.497 e. The molecule has 1 aliphatic rings. The van der Waals surface area contributed by atoms with Crippen LogP contribution in [0.15, 0.2) is 24.3 Å². The number of nitrogens with zero attached hydrogens (tertiary/aromatic N) is 1. The molecule has 5 nitrogen and oxygen atoms in total. The molecule has 1 amide bonds. The van der Waals surface area contributed by atoms with Crippen LogP contribution in [0, 0.1) is 0 Å². The summed E-state index contributed by atoms with van der Waals surface area (Å²) in [5, 5.41) is 2.77. The van der Waals surface area contributed by atoms with E-state index >= 15 is 0 Å². The van der Waals surface area contributed by atoms with Crippen molar-refractivity contribution in [2.24, 2.45) is 0 Å². The monoisotopic (exact) mass is 360 g/mol. The molecule has 1 heterocycles. The van der Waals surface area contributed by atoms with Crippen molar-refractivity contribution in [1.29, 1.82) is 0 Å². The van der Waals surface area contributed by atoms with Crippen molar-refractivity contribution in [1.82, 2.24) is 10.2 Å². The van der Waals surface area contributed by atoms with Gasteiger partial charge in [0.25, 0.3) is 0 Å². The van der Waals surface area contributed by atoms with Gasteiger partial charge in [-0.05, 0) is 30.5 Å². The fourth-order valence-corrected chi connectivity index (χ4v) is 2.92. The molecule has 0 saturated carbocycles. The first kappa shape index (κ1) is 19.5. The first-order valence-corrected chi connectivity index (χ1v) is 8.03. The van der Waals surface area contributed by atoms with Crippen molar-refractivity contribution in [2.45, 2.75) is 31.2 Å². The number of carbonyl (C=O) groups is 1. The van der Waals surface area contributed by atoms with Crippen LogP contribution >= 0.6 is 0 Å². The predicted molar refractivity (Wildman–Crippen MR) is 86.3 cm³/mol. The van der Waals surface area contributed by atoms with E-state index < -0.39 is 11.8 Å². The summed E-state index contributed by atoms with van der Waals surface area (Å²) >= 11 is 0. The molecule has 0 aromatic heterocycles. The van der Waals surface area contributed by atoms with Crippen LogP contribution in [0.2, 0.25) is 0 Å².